The number of carbonyl (C=O) groups excluding carboxylic acids is 4. The van der Waals surface area contributed by atoms with Crippen molar-refractivity contribution in [3.8, 4) is 0 Å². The molecule has 0 fully saturated rings. The van der Waals surface area contributed by atoms with Gasteiger partial charge in [-0.2, -0.15) is 0 Å². The third-order valence-corrected chi connectivity index (χ3v) is 19.3. The molecule has 0 aliphatic heterocycles. The molecule has 92 heavy (non-hydrogen) atoms. The molecule has 0 rings (SSSR count). The molecule has 17 nitrogen and oxygen atoms in total. The lowest BCUT2D eigenvalue weighted by molar-refractivity contribution is -0.161. The van der Waals surface area contributed by atoms with Crippen molar-refractivity contribution in [1.82, 2.24) is 0 Å². The molecule has 6 atom stereocenters. The van der Waals surface area contributed by atoms with Crippen LogP contribution in [0.25, 0.3) is 0 Å². The van der Waals surface area contributed by atoms with Crippen molar-refractivity contribution < 1.29 is 80.2 Å². The number of esters is 4. The molecule has 0 saturated heterocycles. The van der Waals surface area contributed by atoms with E-state index in [1.807, 2.05) is 0 Å². The average Bonchev–Trinajstić information content (AvgIpc) is 2.70. The van der Waals surface area contributed by atoms with Gasteiger partial charge in [0, 0.05) is 25.7 Å². The van der Waals surface area contributed by atoms with Gasteiger partial charge in [0.25, 0.3) is 0 Å². The standard InChI is InChI=1S/C73H142O17P2/c1-6-10-13-16-19-22-24-26-28-29-31-33-35-37-43-48-53-58-72(77)89-69(63-84-71(76)57-52-47-42-36-34-32-30-27-25-23-20-17-14-11-7-2)65-88-92(81,82)86-61-67(74)60-85-91(79,80)87-64-68(62-83-70(75)56-51-46-41-21-18-15-12-8-3)90-73(78)59-54-49-44-39-38-40-45-50-55-66(5)9-4/h66-69,74H,6-65H2,1-5H3,(H,79,80)(H,81,82)/t66?,67-,68+,69+/m0/s1. The van der Waals surface area contributed by atoms with Crippen molar-refractivity contribution >= 4 is 39.5 Å². The molecule has 546 valence electrons. The molecule has 0 saturated carbocycles. The summed E-state index contributed by atoms with van der Waals surface area (Å²) in [7, 11) is -9.90. The molecule has 0 aliphatic carbocycles. The number of aliphatic hydroxyl groups excluding tert-OH is 1. The van der Waals surface area contributed by atoms with E-state index in [-0.39, 0.29) is 25.7 Å². The van der Waals surface area contributed by atoms with Crippen LogP contribution < -0.4 is 0 Å². The maximum absolute atomic E-state index is 13.1. The first-order valence-corrected chi connectivity index (χ1v) is 41.2. The number of rotatable bonds is 73. The minimum Gasteiger partial charge on any atom is -0.462 e. The zero-order valence-corrected chi connectivity index (χ0v) is 61.5. The van der Waals surface area contributed by atoms with E-state index in [1.165, 1.54) is 199 Å². The molecule has 0 amide bonds. The third-order valence-electron chi connectivity index (χ3n) is 17.4. The summed E-state index contributed by atoms with van der Waals surface area (Å²) in [6.45, 7) is 7.25. The van der Waals surface area contributed by atoms with Gasteiger partial charge in [-0.05, 0) is 31.6 Å². The maximum Gasteiger partial charge on any atom is 0.472 e. The number of carbonyl (C=O) groups is 4. The van der Waals surface area contributed by atoms with Gasteiger partial charge in [-0.25, -0.2) is 9.13 Å². The minimum absolute atomic E-state index is 0.105. The van der Waals surface area contributed by atoms with Gasteiger partial charge in [0.15, 0.2) is 12.2 Å². The number of unbranched alkanes of at least 4 members (excludes halogenated alkanes) is 44. The van der Waals surface area contributed by atoms with Crippen molar-refractivity contribution in [3.05, 3.63) is 0 Å². The maximum atomic E-state index is 13.1. The van der Waals surface area contributed by atoms with Gasteiger partial charge in [0.05, 0.1) is 26.4 Å². The van der Waals surface area contributed by atoms with E-state index in [0.717, 1.165) is 102 Å². The SMILES string of the molecule is CCCCCCCCCCCCCCCCCCCC(=O)O[C@H](COC(=O)CCCCCCCCCCCCCCCCC)COP(=O)(O)OC[C@@H](O)COP(=O)(O)OC[C@@H](COC(=O)CCCCCCCCCC)OC(=O)CCCCCCCCCCC(C)CC. The summed E-state index contributed by atoms with van der Waals surface area (Å²) >= 11 is 0. The van der Waals surface area contributed by atoms with Crippen molar-refractivity contribution in [3.63, 3.8) is 0 Å². The summed E-state index contributed by atoms with van der Waals surface area (Å²) < 4.78 is 68.4. The van der Waals surface area contributed by atoms with E-state index in [2.05, 4.69) is 34.6 Å². The molecule has 0 aliphatic rings. The molecule has 3 N–H and O–H groups in total. The van der Waals surface area contributed by atoms with Gasteiger partial charge in [-0.15, -0.1) is 0 Å². The van der Waals surface area contributed by atoms with Crippen LogP contribution in [0.15, 0.2) is 0 Å². The van der Waals surface area contributed by atoms with Gasteiger partial charge in [-0.1, -0.05) is 330 Å². The fourth-order valence-corrected chi connectivity index (χ4v) is 12.7. The van der Waals surface area contributed by atoms with E-state index < -0.39 is 97.5 Å². The van der Waals surface area contributed by atoms with E-state index in [4.69, 9.17) is 37.0 Å². The molecular formula is C73H142O17P2. The highest BCUT2D eigenvalue weighted by molar-refractivity contribution is 7.47. The van der Waals surface area contributed by atoms with E-state index in [9.17, 15) is 43.2 Å². The number of hydrogen-bond acceptors (Lipinski definition) is 15. The van der Waals surface area contributed by atoms with Crippen LogP contribution >= 0.6 is 15.6 Å². The average molecular weight is 1350 g/mol. The van der Waals surface area contributed by atoms with Crippen LogP contribution in [0.1, 0.15) is 381 Å². The van der Waals surface area contributed by atoms with Crippen LogP contribution in [0.4, 0.5) is 0 Å². The Morgan fingerprint density at radius 3 is 0.772 bits per heavy atom. The predicted octanol–water partition coefficient (Wildman–Crippen LogP) is 21.3. The summed E-state index contributed by atoms with van der Waals surface area (Å²) in [6.07, 6.45) is 54.1. The minimum atomic E-state index is -4.95. The fourth-order valence-electron chi connectivity index (χ4n) is 11.1. The first kappa shape index (κ1) is 90.1. The molecule has 19 heteroatoms. The Bertz CT molecular complexity index is 1770. The van der Waals surface area contributed by atoms with E-state index >= 15 is 0 Å². The molecule has 0 radical (unpaired) electrons. The van der Waals surface area contributed by atoms with Gasteiger partial charge in [0.2, 0.25) is 0 Å². The number of hydrogen-bond donors (Lipinski definition) is 3. The highest BCUT2D eigenvalue weighted by Gasteiger charge is 2.30. The summed E-state index contributed by atoms with van der Waals surface area (Å²) in [5.74, 6) is -1.35. The van der Waals surface area contributed by atoms with Crippen LogP contribution in [0, 0.1) is 5.92 Å². The lowest BCUT2D eigenvalue weighted by Gasteiger charge is -2.21. The summed E-state index contributed by atoms with van der Waals surface area (Å²) in [4.78, 5) is 72.6. The lowest BCUT2D eigenvalue weighted by Crippen LogP contribution is -2.30. The molecule has 3 unspecified atom stereocenters. The Morgan fingerprint density at radius 1 is 0.304 bits per heavy atom. The Kier molecular flexibility index (Phi) is 64.9. The van der Waals surface area contributed by atoms with Crippen LogP contribution in [0.3, 0.4) is 0 Å². The van der Waals surface area contributed by atoms with Crippen molar-refractivity contribution in [2.45, 2.75) is 400 Å². The zero-order valence-electron chi connectivity index (χ0n) is 59.7. The third kappa shape index (κ3) is 65.4. The summed E-state index contributed by atoms with van der Waals surface area (Å²) in [6, 6.07) is 0. The van der Waals surface area contributed by atoms with Gasteiger partial charge >= 0.3 is 39.5 Å². The molecule has 0 aromatic rings. The largest absolute Gasteiger partial charge is 0.472 e. The molecule has 0 heterocycles. The van der Waals surface area contributed by atoms with E-state index in [1.54, 1.807) is 0 Å². The Labute approximate surface area is 562 Å². The molecule has 0 aromatic carbocycles. The molecule has 0 spiro atoms. The number of ether oxygens (including phenoxy) is 4. The molecule has 0 bridgehead atoms. The number of phosphoric acid groups is 2. The highest BCUT2D eigenvalue weighted by atomic mass is 31.2. The van der Waals surface area contributed by atoms with Crippen LogP contribution in [0.5, 0.6) is 0 Å². The van der Waals surface area contributed by atoms with Crippen molar-refractivity contribution in [1.29, 1.82) is 0 Å². The van der Waals surface area contributed by atoms with Crippen LogP contribution in [-0.4, -0.2) is 96.7 Å². The van der Waals surface area contributed by atoms with Crippen molar-refractivity contribution in [2.24, 2.45) is 5.92 Å². The summed E-state index contributed by atoms with van der Waals surface area (Å²) in [5.41, 5.74) is 0. The second-order valence-electron chi connectivity index (χ2n) is 26.6. The van der Waals surface area contributed by atoms with Crippen LogP contribution in [-0.2, 0) is 65.4 Å². The fraction of sp³-hybridized carbons (Fsp3) is 0.945. The van der Waals surface area contributed by atoms with Gasteiger partial charge in [-0.3, -0.25) is 37.3 Å². The lowest BCUT2D eigenvalue weighted by atomic mass is 9.99. The Hall–Kier alpha value is -1.94. The smallest absolute Gasteiger partial charge is 0.462 e. The topological polar surface area (TPSA) is 237 Å². The second kappa shape index (κ2) is 66.3. The number of aliphatic hydroxyl groups is 1. The Balaban J connectivity index is 5.22. The van der Waals surface area contributed by atoms with Crippen LogP contribution in [0.2, 0.25) is 0 Å². The predicted molar refractivity (Wildman–Crippen MR) is 372 cm³/mol. The monoisotopic (exact) mass is 1350 g/mol. The van der Waals surface area contributed by atoms with E-state index in [0.29, 0.717) is 25.7 Å². The first-order chi connectivity index (χ1) is 44.6. The number of phosphoric ester groups is 2. The first-order valence-electron chi connectivity index (χ1n) is 38.2. The van der Waals surface area contributed by atoms with Gasteiger partial charge in [0.1, 0.15) is 19.3 Å². The molecular weight excluding hydrogens is 1210 g/mol. The summed E-state index contributed by atoms with van der Waals surface area (Å²) in [5, 5.41) is 10.6. The normalized spacial score (nSPS) is 14.3. The van der Waals surface area contributed by atoms with Crippen molar-refractivity contribution in [2.75, 3.05) is 39.6 Å². The molecule has 0 aromatic heterocycles. The quantitative estimate of drug-likeness (QED) is 0.0222. The Morgan fingerprint density at radius 2 is 0.522 bits per heavy atom. The second-order valence-corrected chi connectivity index (χ2v) is 29.5. The van der Waals surface area contributed by atoms with Gasteiger partial charge < -0.3 is 33.8 Å². The highest BCUT2D eigenvalue weighted by Crippen LogP contribution is 2.45. The zero-order chi connectivity index (χ0) is 67.7.